The zero-order chi connectivity index (χ0) is 12.3. The number of nitrogens with zero attached hydrogens (tertiary/aromatic N) is 1. The minimum atomic E-state index is -0.0247. The van der Waals surface area contributed by atoms with Crippen molar-refractivity contribution < 1.29 is 4.74 Å². The Hall–Kier alpha value is -0.120. The summed E-state index contributed by atoms with van der Waals surface area (Å²) >= 11 is 0. The highest BCUT2D eigenvalue weighted by Gasteiger charge is 2.39. The van der Waals surface area contributed by atoms with E-state index in [9.17, 15) is 0 Å². The van der Waals surface area contributed by atoms with Gasteiger partial charge in [0.15, 0.2) is 0 Å². The van der Waals surface area contributed by atoms with Crippen molar-refractivity contribution in [3.8, 4) is 0 Å². The van der Waals surface area contributed by atoms with E-state index in [4.69, 9.17) is 10.5 Å². The highest BCUT2D eigenvalue weighted by molar-refractivity contribution is 4.95. The molecule has 16 heavy (non-hydrogen) atoms. The minimum absolute atomic E-state index is 0.0247. The molecule has 0 aromatic heterocycles. The molecule has 3 nitrogen and oxygen atoms in total. The van der Waals surface area contributed by atoms with E-state index < -0.39 is 0 Å². The van der Waals surface area contributed by atoms with Crippen molar-refractivity contribution in [2.75, 3.05) is 26.7 Å². The lowest BCUT2D eigenvalue weighted by Gasteiger charge is -2.48. The fraction of sp³-hybridized carbons (Fsp3) is 1.00. The Balaban J connectivity index is 2.73. The number of ether oxygens (including phenoxy) is 1. The van der Waals surface area contributed by atoms with Gasteiger partial charge in [0, 0.05) is 20.2 Å². The zero-order valence-corrected chi connectivity index (χ0v) is 11.5. The molecule has 0 aliphatic carbocycles. The first-order chi connectivity index (χ1) is 7.45. The van der Waals surface area contributed by atoms with Gasteiger partial charge in [-0.15, -0.1) is 0 Å². The lowest BCUT2D eigenvalue weighted by atomic mass is 9.83. The molecular formula is C13H28N2O. The largest absolute Gasteiger partial charge is 0.380 e. The third kappa shape index (κ3) is 2.58. The highest BCUT2D eigenvalue weighted by atomic mass is 16.5. The van der Waals surface area contributed by atoms with Gasteiger partial charge in [-0.05, 0) is 38.6 Å². The minimum Gasteiger partial charge on any atom is -0.380 e. The van der Waals surface area contributed by atoms with Crippen molar-refractivity contribution in [2.24, 2.45) is 17.6 Å². The van der Waals surface area contributed by atoms with Crippen LogP contribution in [0.25, 0.3) is 0 Å². The lowest BCUT2D eigenvalue weighted by Crippen LogP contribution is -2.61. The summed E-state index contributed by atoms with van der Waals surface area (Å²) in [6, 6.07) is 0. The SMILES string of the molecule is COC(C)C(C)(CN)N1CCC(C)C(C)C1. The average Bonchev–Trinajstić information content (AvgIpc) is 2.30. The van der Waals surface area contributed by atoms with Gasteiger partial charge in [0.1, 0.15) is 0 Å². The molecule has 1 rings (SSSR count). The molecule has 1 fully saturated rings. The lowest BCUT2D eigenvalue weighted by molar-refractivity contribution is -0.0537. The monoisotopic (exact) mass is 228 g/mol. The Labute approximate surface area is 100 Å². The molecule has 4 unspecified atom stereocenters. The predicted octanol–water partition coefficient (Wildman–Crippen LogP) is 1.72. The standard InChI is InChI=1S/C13H28N2O/c1-10-6-7-15(8-11(10)2)13(4,9-14)12(3)16-5/h10-12H,6-9,14H2,1-5H3. The van der Waals surface area contributed by atoms with Crippen LogP contribution >= 0.6 is 0 Å². The van der Waals surface area contributed by atoms with Crippen LogP contribution in [0.3, 0.4) is 0 Å². The summed E-state index contributed by atoms with van der Waals surface area (Å²) in [5.41, 5.74) is 5.95. The van der Waals surface area contributed by atoms with E-state index in [1.165, 1.54) is 6.42 Å². The van der Waals surface area contributed by atoms with E-state index in [0.29, 0.717) is 6.54 Å². The van der Waals surface area contributed by atoms with Crippen LogP contribution in [0.4, 0.5) is 0 Å². The summed E-state index contributed by atoms with van der Waals surface area (Å²) in [5, 5.41) is 0. The second-order valence-corrected chi connectivity index (χ2v) is 5.63. The highest BCUT2D eigenvalue weighted by Crippen LogP contribution is 2.30. The Morgan fingerprint density at radius 1 is 1.44 bits per heavy atom. The first kappa shape index (κ1) is 13.9. The molecule has 2 N–H and O–H groups in total. The van der Waals surface area contributed by atoms with Crippen molar-refractivity contribution in [3.63, 3.8) is 0 Å². The molecule has 3 heteroatoms. The third-order valence-corrected chi connectivity index (χ3v) is 4.70. The summed E-state index contributed by atoms with van der Waals surface area (Å²) in [7, 11) is 1.77. The summed E-state index contributed by atoms with van der Waals surface area (Å²) in [5.74, 6) is 1.58. The smallest absolute Gasteiger partial charge is 0.0736 e. The van der Waals surface area contributed by atoms with Crippen LogP contribution in [0.1, 0.15) is 34.1 Å². The first-order valence-corrected chi connectivity index (χ1v) is 6.43. The van der Waals surface area contributed by atoms with Crippen molar-refractivity contribution in [1.29, 1.82) is 0 Å². The number of nitrogens with two attached hydrogens (primary N) is 1. The first-order valence-electron chi connectivity index (χ1n) is 6.43. The van der Waals surface area contributed by atoms with E-state index in [1.54, 1.807) is 7.11 Å². The molecule has 0 amide bonds. The van der Waals surface area contributed by atoms with Gasteiger partial charge in [-0.1, -0.05) is 13.8 Å². The average molecular weight is 228 g/mol. The van der Waals surface area contributed by atoms with Crippen molar-refractivity contribution in [2.45, 2.75) is 45.8 Å². The van der Waals surface area contributed by atoms with Crippen molar-refractivity contribution in [1.82, 2.24) is 4.90 Å². The van der Waals surface area contributed by atoms with E-state index >= 15 is 0 Å². The van der Waals surface area contributed by atoms with Gasteiger partial charge in [0.25, 0.3) is 0 Å². The van der Waals surface area contributed by atoms with Gasteiger partial charge in [-0.3, -0.25) is 4.90 Å². The van der Waals surface area contributed by atoms with Crippen LogP contribution in [0.15, 0.2) is 0 Å². The van der Waals surface area contributed by atoms with E-state index in [2.05, 4.69) is 32.6 Å². The van der Waals surface area contributed by atoms with Crippen LogP contribution in [0, 0.1) is 11.8 Å². The number of hydrogen-bond acceptors (Lipinski definition) is 3. The maximum atomic E-state index is 5.97. The van der Waals surface area contributed by atoms with E-state index in [-0.39, 0.29) is 11.6 Å². The van der Waals surface area contributed by atoms with Gasteiger partial charge in [0.05, 0.1) is 11.6 Å². The van der Waals surface area contributed by atoms with Crippen LogP contribution in [0.5, 0.6) is 0 Å². The van der Waals surface area contributed by atoms with Crippen LogP contribution < -0.4 is 5.73 Å². The third-order valence-electron chi connectivity index (χ3n) is 4.70. The second kappa shape index (κ2) is 5.48. The molecule has 1 heterocycles. The molecule has 0 spiro atoms. The van der Waals surface area contributed by atoms with Crippen LogP contribution in [0.2, 0.25) is 0 Å². The van der Waals surface area contributed by atoms with E-state index in [0.717, 1.165) is 24.9 Å². The predicted molar refractivity (Wildman–Crippen MR) is 68.4 cm³/mol. The summed E-state index contributed by atoms with van der Waals surface area (Å²) < 4.78 is 5.50. The second-order valence-electron chi connectivity index (χ2n) is 5.63. The molecule has 1 aliphatic heterocycles. The van der Waals surface area contributed by atoms with Crippen molar-refractivity contribution in [3.05, 3.63) is 0 Å². The maximum Gasteiger partial charge on any atom is 0.0736 e. The van der Waals surface area contributed by atoms with Gasteiger partial charge < -0.3 is 10.5 Å². The molecule has 96 valence electrons. The molecule has 0 bridgehead atoms. The number of hydrogen-bond donors (Lipinski definition) is 1. The number of methoxy groups -OCH3 is 1. The molecular weight excluding hydrogens is 200 g/mol. The number of piperidine rings is 1. The van der Waals surface area contributed by atoms with Gasteiger partial charge in [0.2, 0.25) is 0 Å². The van der Waals surface area contributed by atoms with Crippen LogP contribution in [-0.2, 0) is 4.74 Å². The molecule has 0 aromatic carbocycles. The van der Waals surface area contributed by atoms with Crippen molar-refractivity contribution >= 4 is 0 Å². The molecule has 4 atom stereocenters. The number of rotatable bonds is 4. The zero-order valence-electron chi connectivity index (χ0n) is 11.5. The van der Waals surface area contributed by atoms with Gasteiger partial charge in [-0.25, -0.2) is 0 Å². The topological polar surface area (TPSA) is 38.5 Å². The number of likely N-dealkylation sites (tertiary alicyclic amines) is 1. The fourth-order valence-corrected chi connectivity index (χ4v) is 2.53. The molecule has 1 aliphatic rings. The van der Waals surface area contributed by atoms with Gasteiger partial charge in [-0.2, -0.15) is 0 Å². The maximum absolute atomic E-state index is 5.97. The van der Waals surface area contributed by atoms with Gasteiger partial charge >= 0.3 is 0 Å². The summed E-state index contributed by atoms with van der Waals surface area (Å²) in [6.07, 6.45) is 1.45. The Kier molecular flexibility index (Phi) is 4.77. The molecule has 0 saturated carbocycles. The fourth-order valence-electron chi connectivity index (χ4n) is 2.53. The molecule has 0 radical (unpaired) electrons. The Bertz CT molecular complexity index is 222. The quantitative estimate of drug-likeness (QED) is 0.796. The molecule has 1 saturated heterocycles. The normalized spacial score (nSPS) is 33.4. The Morgan fingerprint density at radius 2 is 2.06 bits per heavy atom. The summed E-state index contributed by atoms with van der Waals surface area (Å²) in [4.78, 5) is 2.52. The Morgan fingerprint density at radius 3 is 2.50 bits per heavy atom. The molecule has 0 aromatic rings. The van der Waals surface area contributed by atoms with Crippen LogP contribution in [-0.4, -0.2) is 43.3 Å². The summed E-state index contributed by atoms with van der Waals surface area (Å²) in [6.45, 7) is 12.0. The van der Waals surface area contributed by atoms with E-state index in [1.807, 2.05) is 0 Å².